The van der Waals surface area contributed by atoms with Gasteiger partial charge in [-0.05, 0) is 12.0 Å². The summed E-state index contributed by atoms with van der Waals surface area (Å²) in [4.78, 5) is 1.88. The summed E-state index contributed by atoms with van der Waals surface area (Å²) < 4.78 is 5.71. The average Bonchev–Trinajstić information content (AvgIpc) is 2.39. The second-order valence-corrected chi connectivity index (χ2v) is 4.41. The summed E-state index contributed by atoms with van der Waals surface area (Å²) in [6.07, 6.45) is 0.0117. The number of aliphatic hydroxyl groups excluding tert-OH is 2. The third-order valence-corrected chi connectivity index (χ3v) is 3.12. The lowest BCUT2D eigenvalue weighted by atomic mass is 10.1. The van der Waals surface area contributed by atoms with E-state index >= 15 is 0 Å². The second-order valence-electron chi connectivity index (χ2n) is 4.41. The molecular weight excluding hydrogens is 218 g/mol. The molecule has 0 radical (unpaired) electrons. The number of aliphatic hydroxyl groups is 2. The molecule has 1 aromatic carbocycles. The van der Waals surface area contributed by atoms with Crippen LogP contribution >= 0.6 is 0 Å². The van der Waals surface area contributed by atoms with E-state index in [1.54, 1.807) is 0 Å². The van der Waals surface area contributed by atoms with Gasteiger partial charge in [0.1, 0.15) is 0 Å². The minimum atomic E-state index is -0.429. The van der Waals surface area contributed by atoms with Crippen LogP contribution in [0.3, 0.4) is 0 Å². The van der Waals surface area contributed by atoms with Gasteiger partial charge in [-0.1, -0.05) is 30.3 Å². The number of nitrogens with zero attached hydrogens (tertiary/aromatic N) is 1. The third kappa shape index (κ3) is 3.51. The van der Waals surface area contributed by atoms with Crippen LogP contribution in [0.5, 0.6) is 0 Å². The minimum Gasteiger partial charge on any atom is -0.390 e. The van der Waals surface area contributed by atoms with Crippen LogP contribution in [0, 0.1) is 0 Å². The van der Waals surface area contributed by atoms with Crippen LogP contribution in [0.2, 0.25) is 0 Å². The number of likely N-dealkylation sites (tertiary alicyclic amines) is 1. The molecule has 4 heteroatoms. The highest BCUT2D eigenvalue weighted by Gasteiger charge is 2.27. The zero-order valence-corrected chi connectivity index (χ0v) is 9.83. The molecule has 0 aromatic heterocycles. The molecule has 1 aromatic rings. The van der Waals surface area contributed by atoms with E-state index in [0.717, 1.165) is 12.1 Å². The monoisotopic (exact) mass is 237 g/mol. The molecule has 94 valence electrons. The predicted molar refractivity (Wildman–Crippen MR) is 64.3 cm³/mol. The Morgan fingerprint density at radius 3 is 2.76 bits per heavy atom. The van der Waals surface area contributed by atoms with Gasteiger partial charge in [0, 0.05) is 13.1 Å². The van der Waals surface area contributed by atoms with Crippen molar-refractivity contribution in [2.75, 3.05) is 19.8 Å². The molecular formula is C13H19NO3. The van der Waals surface area contributed by atoms with Crippen molar-refractivity contribution in [1.82, 2.24) is 4.90 Å². The van der Waals surface area contributed by atoms with E-state index < -0.39 is 6.10 Å². The molecule has 1 fully saturated rings. The zero-order valence-electron chi connectivity index (χ0n) is 9.83. The van der Waals surface area contributed by atoms with Gasteiger partial charge in [-0.3, -0.25) is 4.90 Å². The highest BCUT2D eigenvalue weighted by molar-refractivity contribution is 5.13. The quantitative estimate of drug-likeness (QED) is 0.804. The largest absolute Gasteiger partial charge is 0.390 e. The fraction of sp³-hybridized carbons (Fsp3) is 0.538. The number of hydrogen-bond donors (Lipinski definition) is 2. The molecule has 1 aliphatic rings. The third-order valence-electron chi connectivity index (χ3n) is 3.12. The summed E-state index contributed by atoms with van der Waals surface area (Å²) in [5.41, 5.74) is 1.10. The molecule has 2 rings (SSSR count). The first-order chi connectivity index (χ1) is 8.29. The Kier molecular flexibility index (Phi) is 4.50. The van der Waals surface area contributed by atoms with Gasteiger partial charge in [-0.25, -0.2) is 0 Å². The Labute approximate surface area is 101 Å². The van der Waals surface area contributed by atoms with Crippen LogP contribution in [-0.2, 0) is 11.3 Å². The molecule has 4 nitrogen and oxygen atoms in total. The topological polar surface area (TPSA) is 52.9 Å². The van der Waals surface area contributed by atoms with Gasteiger partial charge < -0.3 is 14.9 Å². The first-order valence-electron chi connectivity index (χ1n) is 5.96. The van der Waals surface area contributed by atoms with Gasteiger partial charge in [0.2, 0.25) is 0 Å². The van der Waals surface area contributed by atoms with E-state index in [0.29, 0.717) is 19.6 Å². The zero-order chi connectivity index (χ0) is 12.1. The van der Waals surface area contributed by atoms with Gasteiger partial charge in [0.05, 0.1) is 25.5 Å². The van der Waals surface area contributed by atoms with Crippen LogP contribution in [-0.4, -0.2) is 47.1 Å². The van der Waals surface area contributed by atoms with E-state index in [-0.39, 0.29) is 12.8 Å². The van der Waals surface area contributed by atoms with Gasteiger partial charge in [0.15, 0.2) is 0 Å². The Morgan fingerprint density at radius 2 is 2.06 bits per heavy atom. The van der Waals surface area contributed by atoms with Crippen LogP contribution in [0.25, 0.3) is 0 Å². The van der Waals surface area contributed by atoms with Crippen LogP contribution in [0.4, 0.5) is 0 Å². The lowest BCUT2D eigenvalue weighted by Crippen LogP contribution is -2.48. The predicted octanol–water partition coefficient (Wildman–Crippen LogP) is 0.588. The average molecular weight is 237 g/mol. The highest BCUT2D eigenvalue weighted by atomic mass is 16.5. The molecule has 0 bridgehead atoms. The number of ether oxygens (including phenoxy) is 1. The first-order valence-corrected chi connectivity index (χ1v) is 5.96. The summed E-state index contributed by atoms with van der Waals surface area (Å²) in [7, 11) is 0. The van der Waals surface area contributed by atoms with Crippen molar-refractivity contribution in [1.29, 1.82) is 0 Å². The Balaban J connectivity index is 1.85. The normalized spacial score (nSPS) is 26.0. The molecule has 2 atom stereocenters. The van der Waals surface area contributed by atoms with E-state index in [4.69, 9.17) is 9.84 Å². The first kappa shape index (κ1) is 12.5. The molecule has 1 aliphatic heterocycles. The number of benzene rings is 1. The maximum Gasteiger partial charge on any atom is 0.0966 e. The number of hydrogen-bond acceptors (Lipinski definition) is 4. The Bertz CT molecular complexity index is 331. The van der Waals surface area contributed by atoms with E-state index in [2.05, 4.69) is 0 Å². The molecule has 0 saturated carbocycles. The van der Waals surface area contributed by atoms with Crippen LogP contribution < -0.4 is 0 Å². The summed E-state index contributed by atoms with van der Waals surface area (Å²) >= 11 is 0. The van der Waals surface area contributed by atoms with Gasteiger partial charge in [-0.2, -0.15) is 0 Å². The maximum atomic E-state index is 9.83. The van der Waals surface area contributed by atoms with E-state index in [9.17, 15) is 5.11 Å². The summed E-state index contributed by atoms with van der Waals surface area (Å²) in [6, 6.07) is 9.90. The molecule has 17 heavy (non-hydrogen) atoms. The molecule has 0 amide bonds. The van der Waals surface area contributed by atoms with Crippen molar-refractivity contribution in [3.8, 4) is 0 Å². The smallest absolute Gasteiger partial charge is 0.0966 e. The minimum absolute atomic E-state index is 0.0257. The highest BCUT2D eigenvalue weighted by Crippen LogP contribution is 2.15. The molecule has 0 aliphatic carbocycles. The molecule has 1 saturated heterocycles. The van der Waals surface area contributed by atoms with Crippen molar-refractivity contribution in [2.24, 2.45) is 0 Å². The summed E-state index contributed by atoms with van der Waals surface area (Å²) in [5.74, 6) is 0. The summed E-state index contributed by atoms with van der Waals surface area (Å²) in [6.45, 7) is 1.84. The fourth-order valence-corrected chi connectivity index (χ4v) is 2.04. The molecule has 2 unspecified atom stereocenters. The lowest BCUT2D eigenvalue weighted by molar-refractivity contribution is -0.0983. The van der Waals surface area contributed by atoms with Gasteiger partial charge in [0.25, 0.3) is 0 Å². The molecule has 1 heterocycles. The maximum absolute atomic E-state index is 9.83. The Morgan fingerprint density at radius 1 is 1.29 bits per heavy atom. The number of rotatable bonds is 4. The fourth-order valence-electron chi connectivity index (χ4n) is 2.04. The standard InChI is InChI=1S/C13H19NO3/c15-10-14-7-6-12(16)13(8-14)17-9-11-4-2-1-3-5-11/h1-5,12-13,15-16H,6-10H2. The SMILES string of the molecule is OCN1CCC(O)C(OCc2ccccc2)C1. The molecule has 2 N–H and O–H groups in total. The van der Waals surface area contributed by atoms with Gasteiger partial charge in [-0.15, -0.1) is 0 Å². The van der Waals surface area contributed by atoms with Crippen LogP contribution in [0.1, 0.15) is 12.0 Å². The lowest BCUT2D eigenvalue weighted by Gasteiger charge is -2.34. The van der Waals surface area contributed by atoms with Crippen LogP contribution in [0.15, 0.2) is 30.3 Å². The molecule has 0 spiro atoms. The number of piperidine rings is 1. The van der Waals surface area contributed by atoms with Crippen molar-refractivity contribution >= 4 is 0 Å². The van der Waals surface area contributed by atoms with Crippen molar-refractivity contribution in [2.45, 2.75) is 25.2 Å². The second kappa shape index (κ2) is 6.12. The van der Waals surface area contributed by atoms with E-state index in [1.807, 2.05) is 35.2 Å². The van der Waals surface area contributed by atoms with Crippen molar-refractivity contribution < 1.29 is 14.9 Å². The van der Waals surface area contributed by atoms with Gasteiger partial charge >= 0.3 is 0 Å². The van der Waals surface area contributed by atoms with E-state index in [1.165, 1.54) is 0 Å². The Hall–Kier alpha value is -0.940. The van der Waals surface area contributed by atoms with Crippen molar-refractivity contribution in [3.63, 3.8) is 0 Å². The summed E-state index contributed by atoms with van der Waals surface area (Å²) in [5, 5.41) is 18.9. The van der Waals surface area contributed by atoms with Crippen molar-refractivity contribution in [3.05, 3.63) is 35.9 Å².